The number of aromatic carboxylic acids is 1. The maximum atomic E-state index is 12.3. The number of aryl methyl sites for hydroxylation is 1. The number of carboxylic acids is 1. The smallest absolute Gasteiger partial charge is 0.335 e. The number of anilines is 1. The fraction of sp³-hybridized carbons (Fsp3) is 0.318. The summed E-state index contributed by atoms with van der Waals surface area (Å²) in [6.07, 6.45) is 1.06. The van der Waals surface area contributed by atoms with Crippen LogP contribution in [0.5, 0.6) is 0 Å². The third-order valence-electron chi connectivity index (χ3n) is 4.26. The van der Waals surface area contributed by atoms with Crippen molar-refractivity contribution in [1.82, 2.24) is 5.32 Å². The zero-order valence-electron chi connectivity index (χ0n) is 16.4. The Labute approximate surface area is 165 Å². The van der Waals surface area contributed by atoms with Gasteiger partial charge in [-0.1, -0.05) is 26.0 Å². The molecule has 3 N–H and O–H groups in total. The minimum Gasteiger partial charge on any atom is -0.478 e. The molecular weight excluding hydrogens is 356 g/mol. The van der Waals surface area contributed by atoms with Crippen LogP contribution in [0.4, 0.5) is 5.69 Å². The summed E-state index contributed by atoms with van der Waals surface area (Å²) < 4.78 is 0. The second-order valence-corrected chi connectivity index (χ2v) is 7.18. The lowest BCUT2D eigenvalue weighted by Gasteiger charge is -2.12. The monoisotopic (exact) mass is 382 g/mol. The molecular formula is C22H26N2O4. The highest BCUT2D eigenvalue weighted by Crippen LogP contribution is 2.17. The number of hydrogen-bond acceptors (Lipinski definition) is 3. The van der Waals surface area contributed by atoms with Crippen molar-refractivity contribution in [1.29, 1.82) is 0 Å². The van der Waals surface area contributed by atoms with Gasteiger partial charge in [0, 0.05) is 24.2 Å². The van der Waals surface area contributed by atoms with Crippen molar-refractivity contribution in [3.8, 4) is 0 Å². The lowest BCUT2D eigenvalue weighted by atomic mass is 10.1. The summed E-state index contributed by atoms with van der Waals surface area (Å²) in [6, 6.07) is 11.8. The van der Waals surface area contributed by atoms with E-state index in [4.69, 9.17) is 5.11 Å². The quantitative estimate of drug-likeness (QED) is 0.649. The minimum atomic E-state index is -0.959. The van der Waals surface area contributed by atoms with E-state index in [0.717, 1.165) is 11.1 Å². The molecule has 0 radical (unpaired) electrons. The summed E-state index contributed by atoms with van der Waals surface area (Å²) in [7, 11) is 0. The Balaban J connectivity index is 1.89. The van der Waals surface area contributed by atoms with Crippen molar-refractivity contribution >= 4 is 23.5 Å². The molecule has 0 atom stereocenters. The summed E-state index contributed by atoms with van der Waals surface area (Å²) in [6.45, 7) is 6.27. The molecule has 2 aromatic rings. The minimum absolute atomic E-state index is 0.0378. The van der Waals surface area contributed by atoms with Crippen LogP contribution in [0.2, 0.25) is 0 Å². The van der Waals surface area contributed by atoms with Crippen LogP contribution < -0.4 is 10.6 Å². The van der Waals surface area contributed by atoms with Gasteiger partial charge in [-0.2, -0.15) is 0 Å². The Morgan fingerprint density at radius 1 is 1.00 bits per heavy atom. The molecule has 0 aliphatic carbocycles. The van der Waals surface area contributed by atoms with E-state index in [1.165, 1.54) is 0 Å². The number of amides is 2. The van der Waals surface area contributed by atoms with Gasteiger partial charge in [-0.3, -0.25) is 9.59 Å². The molecule has 148 valence electrons. The van der Waals surface area contributed by atoms with Crippen molar-refractivity contribution in [2.75, 3.05) is 11.9 Å². The molecule has 0 bridgehead atoms. The normalized spacial score (nSPS) is 10.6. The van der Waals surface area contributed by atoms with E-state index in [2.05, 4.69) is 10.6 Å². The van der Waals surface area contributed by atoms with Gasteiger partial charge < -0.3 is 15.7 Å². The zero-order valence-corrected chi connectivity index (χ0v) is 16.4. The first-order valence-corrected chi connectivity index (χ1v) is 9.27. The molecule has 0 unspecified atom stereocenters. The number of rotatable bonds is 8. The van der Waals surface area contributed by atoms with Crippen LogP contribution in [-0.2, 0) is 11.2 Å². The molecule has 0 aromatic heterocycles. The van der Waals surface area contributed by atoms with E-state index < -0.39 is 5.97 Å². The zero-order chi connectivity index (χ0) is 20.7. The predicted molar refractivity (Wildman–Crippen MR) is 109 cm³/mol. The number of nitrogens with one attached hydrogen (secondary N) is 2. The number of carbonyl (C=O) groups excluding carboxylic acids is 2. The Morgan fingerprint density at radius 3 is 2.21 bits per heavy atom. The van der Waals surface area contributed by atoms with Gasteiger partial charge in [0.2, 0.25) is 5.91 Å². The maximum Gasteiger partial charge on any atom is 0.335 e. The number of benzene rings is 2. The molecule has 6 nitrogen and oxygen atoms in total. The fourth-order valence-electron chi connectivity index (χ4n) is 2.75. The average Bonchev–Trinajstić information content (AvgIpc) is 2.63. The fourth-order valence-corrected chi connectivity index (χ4v) is 2.75. The highest BCUT2D eigenvalue weighted by Gasteiger charge is 2.10. The van der Waals surface area contributed by atoms with Crippen molar-refractivity contribution in [2.45, 2.75) is 33.6 Å². The van der Waals surface area contributed by atoms with Crippen LogP contribution in [0.3, 0.4) is 0 Å². The van der Waals surface area contributed by atoms with Gasteiger partial charge in [0.25, 0.3) is 5.91 Å². The van der Waals surface area contributed by atoms with Gasteiger partial charge in [0.05, 0.1) is 5.56 Å². The van der Waals surface area contributed by atoms with Crippen LogP contribution >= 0.6 is 0 Å². The van der Waals surface area contributed by atoms with Crippen molar-refractivity contribution in [3.63, 3.8) is 0 Å². The molecule has 0 aliphatic rings. The van der Waals surface area contributed by atoms with E-state index >= 15 is 0 Å². The Morgan fingerprint density at radius 2 is 1.64 bits per heavy atom. The molecule has 0 saturated heterocycles. The third-order valence-corrected chi connectivity index (χ3v) is 4.26. The number of carbonyl (C=O) groups is 3. The van der Waals surface area contributed by atoms with Crippen LogP contribution in [0.1, 0.15) is 52.1 Å². The SMILES string of the molecule is Cc1cc(C(=O)NCCc2ccc(C(=O)O)cc2)ccc1NC(=O)CC(C)C. The first kappa shape index (κ1) is 21.2. The summed E-state index contributed by atoms with van der Waals surface area (Å²) in [4.78, 5) is 35.1. The molecule has 0 fully saturated rings. The van der Waals surface area contributed by atoms with E-state index in [-0.39, 0.29) is 23.3 Å². The highest BCUT2D eigenvalue weighted by molar-refractivity contribution is 5.96. The Bertz CT molecular complexity index is 857. The maximum absolute atomic E-state index is 12.3. The first-order valence-electron chi connectivity index (χ1n) is 9.27. The van der Waals surface area contributed by atoms with Gasteiger partial charge in [-0.05, 0) is 60.7 Å². The molecule has 2 rings (SSSR count). The summed E-state index contributed by atoms with van der Waals surface area (Å²) in [5.41, 5.74) is 3.25. The predicted octanol–water partition coefficient (Wildman–Crippen LogP) is 3.65. The molecule has 2 amide bonds. The van der Waals surface area contributed by atoms with E-state index in [9.17, 15) is 14.4 Å². The Hall–Kier alpha value is -3.15. The van der Waals surface area contributed by atoms with Crippen LogP contribution in [-0.4, -0.2) is 29.4 Å². The molecule has 0 saturated carbocycles. The molecule has 0 aliphatic heterocycles. The second-order valence-electron chi connectivity index (χ2n) is 7.18. The average molecular weight is 382 g/mol. The second kappa shape index (κ2) is 9.69. The molecule has 2 aromatic carbocycles. The van der Waals surface area contributed by atoms with Gasteiger partial charge in [-0.15, -0.1) is 0 Å². The molecule has 28 heavy (non-hydrogen) atoms. The first-order chi connectivity index (χ1) is 13.3. The standard InChI is InChI=1S/C22H26N2O4/c1-14(2)12-20(25)24-19-9-8-18(13-15(19)3)21(26)23-11-10-16-4-6-17(7-5-16)22(27)28/h4-9,13-14H,10-12H2,1-3H3,(H,23,26)(H,24,25)(H,27,28). The number of hydrogen-bond donors (Lipinski definition) is 3. The molecule has 0 heterocycles. The van der Waals surface area contributed by atoms with Crippen LogP contribution in [0.15, 0.2) is 42.5 Å². The highest BCUT2D eigenvalue weighted by atomic mass is 16.4. The summed E-state index contributed by atoms with van der Waals surface area (Å²) >= 11 is 0. The summed E-state index contributed by atoms with van der Waals surface area (Å²) in [5, 5.41) is 14.6. The third kappa shape index (κ3) is 6.23. The Kier molecular flexibility index (Phi) is 7.32. The molecule has 0 spiro atoms. The van der Waals surface area contributed by atoms with Crippen LogP contribution in [0.25, 0.3) is 0 Å². The molecule has 6 heteroatoms. The van der Waals surface area contributed by atoms with Gasteiger partial charge >= 0.3 is 5.97 Å². The van der Waals surface area contributed by atoms with E-state index in [1.807, 2.05) is 20.8 Å². The van der Waals surface area contributed by atoms with E-state index in [1.54, 1.807) is 42.5 Å². The lowest BCUT2D eigenvalue weighted by Crippen LogP contribution is -2.25. The lowest BCUT2D eigenvalue weighted by molar-refractivity contribution is -0.116. The number of carboxylic acid groups (broad SMARTS) is 1. The van der Waals surface area contributed by atoms with Gasteiger partial charge in [0.1, 0.15) is 0 Å². The summed E-state index contributed by atoms with van der Waals surface area (Å²) in [5.74, 6) is -0.903. The van der Waals surface area contributed by atoms with Gasteiger partial charge in [0.15, 0.2) is 0 Å². The van der Waals surface area contributed by atoms with Gasteiger partial charge in [-0.25, -0.2) is 4.79 Å². The topological polar surface area (TPSA) is 95.5 Å². The van der Waals surface area contributed by atoms with Crippen molar-refractivity contribution < 1.29 is 19.5 Å². The van der Waals surface area contributed by atoms with E-state index in [0.29, 0.717) is 30.6 Å². The van der Waals surface area contributed by atoms with Crippen molar-refractivity contribution in [2.24, 2.45) is 5.92 Å². The van der Waals surface area contributed by atoms with Crippen molar-refractivity contribution in [3.05, 3.63) is 64.7 Å². The van der Waals surface area contributed by atoms with Crippen LogP contribution in [0, 0.1) is 12.8 Å². The largest absolute Gasteiger partial charge is 0.478 e.